The molecule has 0 saturated heterocycles. The number of pyridine rings is 1. The zero-order valence-corrected chi connectivity index (χ0v) is 19.5. The third kappa shape index (κ3) is 12.6. The van der Waals surface area contributed by atoms with Crippen LogP contribution >= 0.6 is 24.0 Å². The van der Waals surface area contributed by atoms with E-state index in [4.69, 9.17) is 0 Å². The lowest BCUT2D eigenvalue weighted by Gasteiger charge is -2.16. The quantitative estimate of drug-likeness (QED) is 0.217. The molecule has 0 aromatic carbocycles. The van der Waals surface area contributed by atoms with Crippen LogP contribution in [-0.2, 0) is 11.2 Å². The number of hydrogen-bond acceptors (Lipinski definition) is 3. The van der Waals surface area contributed by atoms with Crippen molar-refractivity contribution in [3.05, 3.63) is 30.1 Å². The number of likely N-dealkylation sites (N-methyl/N-ethyl adjacent to an activating group) is 1. The standard InChI is InChI=1S/C20H35N5O.HI/c1-5-21-20(23-14-8-6-10-17(2)3)24-16-19(26)25(4)15-12-18-11-7-9-13-22-18;/h7,9,11,13,17H,5-6,8,10,12,14-16H2,1-4H3,(H2,21,23,24);1H. The number of hydrogen-bond donors (Lipinski definition) is 2. The van der Waals surface area contributed by atoms with Crippen LogP contribution in [0.25, 0.3) is 0 Å². The first-order chi connectivity index (χ1) is 12.5. The van der Waals surface area contributed by atoms with E-state index in [1.807, 2.05) is 32.2 Å². The molecule has 6 nitrogen and oxygen atoms in total. The lowest BCUT2D eigenvalue weighted by molar-refractivity contribution is -0.128. The monoisotopic (exact) mass is 489 g/mol. The van der Waals surface area contributed by atoms with Gasteiger partial charge in [0.2, 0.25) is 5.91 Å². The zero-order valence-electron chi connectivity index (χ0n) is 17.2. The van der Waals surface area contributed by atoms with E-state index in [1.54, 1.807) is 11.1 Å². The summed E-state index contributed by atoms with van der Waals surface area (Å²) in [6.45, 7) is 8.97. The minimum Gasteiger partial charge on any atom is -0.357 e. The van der Waals surface area contributed by atoms with Crippen LogP contribution in [0.1, 0.15) is 45.7 Å². The first kappa shape index (κ1) is 25.6. The highest BCUT2D eigenvalue weighted by molar-refractivity contribution is 14.0. The van der Waals surface area contributed by atoms with Crippen molar-refractivity contribution in [2.24, 2.45) is 10.9 Å². The summed E-state index contributed by atoms with van der Waals surface area (Å²) >= 11 is 0. The Morgan fingerprint density at radius 2 is 2.04 bits per heavy atom. The van der Waals surface area contributed by atoms with Crippen molar-refractivity contribution in [3.8, 4) is 0 Å². The molecule has 0 atom stereocenters. The van der Waals surface area contributed by atoms with Gasteiger partial charge >= 0.3 is 0 Å². The average molecular weight is 489 g/mol. The molecule has 1 aromatic rings. The normalized spacial score (nSPS) is 11.1. The lowest BCUT2D eigenvalue weighted by Crippen LogP contribution is -2.39. The van der Waals surface area contributed by atoms with Gasteiger partial charge < -0.3 is 15.5 Å². The predicted molar refractivity (Wildman–Crippen MR) is 124 cm³/mol. The number of carbonyl (C=O) groups is 1. The van der Waals surface area contributed by atoms with E-state index < -0.39 is 0 Å². The van der Waals surface area contributed by atoms with Crippen molar-refractivity contribution in [3.63, 3.8) is 0 Å². The van der Waals surface area contributed by atoms with Gasteiger partial charge in [0.25, 0.3) is 0 Å². The average Bonchev–Trinajstić information content (AvgIpc) is 2.64. The van der Waals surface area contributed by atoms with E-state index in [1.165, 1.54) is 12.8 Å². The maximum Gasteiger partial charge on any atom is 0.244 e. The Morgan fingerprint density at radius 3 is 2.67 bits per heavy atom. The van der Waals surface area contributed by atoms with Crippen LogP contribution in [0.15, 0.2) is 29.4 Å². The number of nitrogens with zero attached hydrogens (tertiary/aromatic N) is 3. The number of carbonyl (C=O) groups excluding carboxylic acids is 1. The summed E-state index contributed by atoms with van der Waals surface area (Å²) in [7, 11) is 1.81. The molecule has 1 rings (SSSR count). The van der Waals surface area contributed by atoms with Gasteiger partial charge in [0.05, 0.1) is 0 Å². The second-order valence-corrected chi connectivity index (χ2v) is 6.90. The molecule has 0 aliphatic heterocycles. The highest BCUT2D eigenvalue weighted by Crippen LogP contribution is 2.05. The molecule has 0 radical (unpaired) electrons. The molecule has 0 bridgehead atoms. The highest BCUT2D eigenvalue weighted by Gasteiger charge is 2.09. The van der Waals surface area contributed by atoms with Gasteiger partial charge in [-0.05, 0) is 31.4 Å². The molecule has 27 heavy (non-hydrogen) atoms. The third-order valence-corrected chi connectivity index (χ3v) is 4.07. The van der Waals surface area contributed by atoms with Crippen molar-refractivity contribution in [2.75, 3.05) is 33.2 Å². The van der Waals surface area contributed by atoms with E-state index in [-0.39, 0.29) is 36.4 Å². The summed E-state index contributed by atoms with van der Waals surface area (Å²) in [5.41, 5.74) is 0.993. The Bertz CT molecular complexity index is 536. The number of unbranched alkanes of at least 4 members (excludes halogenated alkanes) is 1. The fraction of sp³-hybridized carbons (Fsp3) is 0.650. The molecule has 7 heteroatoms. The number of aromatic nitrogens is 1. The topological polar surface area (TPSA) is 69.6 Å². The summed E-state index contributed by atoms with van der Waals surface area (Å²) in [6, 6.07) is 5.83. The zero-order chi connectivity index (χ0) is 19.2. The molecule has 0 unspecified atom stereocenters. The minimum atomic E-state index is 0. The third-order valence-electron chi connectivity index (χ3n) is 4.07. The number of halogens is 1. The fourth-order valence-electron chi connectivity index (χ4n) is 2.45. The van der Waals surface area contributed by atoms with E-state index in [0.29, 0.717) is 12.5 Å². The van der Waals surface area contributed by atoms with Gasteiger partial charge in [0, 0.05) is 45.0 Å². The molecule has 0 fully saturated rings. The number of guanidine groups is 1. The van der Waals surface area contributed by atoms with Crippen LogP contribution in [0.5, 0.6) is 0 Å². The second kappa shape index (κ2) is 15.7. The molecule has 1 heterocycles. The first-order valence-electron chi connectivity index (χ1n) is 9.69. The number of nitrogens with one attached hydrogen (secondary N) is 2. The Hall–Kier alpha value is -1.38. The Morgan fingerprint density at radius 1 is 1.26 bits per heavy atom. The van der Waals surface area contributed by atoms with Gasteiger partial charge in [-0.2, -0.15) is 0 Å². The second-order valence-electron chi connectivity index (χ2n) is 6.90. The Balaban J connectivity index is 0.00000676. The summed E-state index contributed by atoms with van der Waals surface area (Å²) in [4.78, 5) is 22.7. The van der Waals surface area contributed by atoms with Crippen molar-refractivity contribution in [1.82, 2.24) is 20.5 Å². The van der Waals surface area contributed by atoms with Crippen LogP contribution in [0.3, 0.4) is 0 Å². The van der Waals surface area contributed by atoms with Crippen LogP contribution in [0.4, 0.5) is 0 Å². The Labute approximate surface area is 181 Å². The van der Waals surface area contributed by atoms with Crippen LogP contribution in [0, 0.1) is 5.92 Å². The van der Waals surface area contributed by atoms with E-state index in [9.17, 15) is 4.79 Å². The molecule has 0 spiro atoms. The largest absolute Gasteiger partial charge is 0.357 e. The Kier molecular flexibility index (Phi) is 14.9. The van der Waals surface area contributed by atoms with Gasteiger partial charge in [-0.25, -0.2) is 4.99 Å². The molecule has 0 aliphatic carbocycles. The highest BCUT2D eigenvalue weighted by atomic mass is 127. The molecule has 2 N–H and O–H groups in total. The van der Waals surface area contributed by atoms with E-state index in [2.05, 4.69) is 34.5 Å². The molecule has 1 amide bonds. The van der Waals surface area contributed by atoms with Gasteiger partial charge in [-0.1, -0.05) is 32.8 Å². The van der Waals surface area contributed by atoms with Gasteiger partial charge in [-0.3, -0.25) is 9.78 Å². The molecular formula is C20H36IN5O. The SMILES string of the molecule is CCNC(=NCC(=O)N(C)CCc1ccccn1)NCCCCC(C)C.I. The molecule has 1 aromatic heterocycles. The van der Waals surface area contributed by atoms with Crippen LogP contribution in [-0.4, -0.2) is 55.0 Å². The maximum atomic E-state index is 12.3. The van der Waals surface area contributed by atoms with Gasteiger partial charge in [0.15, 0.2) is 5.96 Å². The number of aliphatic imine (C=N–C) groups is 1. The molecule has 154 valence electrons. The summed E-state index contributed by atoms with van der Waals surface area (Å²) in [6.07, 6.45) is 6.09. The molecular weight excluding hydrogens is 453 g/mol. The summed E-state index contributed by atoms with van der Waals surface area (Å²) < 4.78 is 0. The molecule has 0 aliphatic rings. The summed E-state index contributed by atoms with van der Waals surface area (Å²) in [5.74, 6) is 1.47. The smallest absolute Gasteiger partial charge is 0.244 e. The van der Waals surface area contributed by atoms with Crippen molar-refractivity contribution >= 4 is 35.8 Å². The van der Waals surface area contributed by atoms with Crippen LogP contribution < -0.4 is 10.6 Å². The van der Waals surface area contributed by atoms with E-state index in [0.717, 1.165) is 37.5 Å². The van der Waals surface area contributed by atoms with Crippen LogP contribution in [0.2, 0.25) is 0 Å². The molecule has 0 saturated carbocycles. The predicted octanol–water partition coefficient (Wildman–Crippen LogP) is 3.08. The number of rotatable bonds is 11. The van der Waals surface area contributed by atoms with E-state index >= 15 is 0 Å². The van der Waals surface area contributed by atoms with Gasteiger partial charge in [-0.15, -0.1) is 24.0 Å². The van der Waals surface area contributed by atoms with Crippen molar-refractivity contribution in [1.29, 1.82) is 0 Å². The van der Waals surface area contributed by atoms with Crippen molar-refractivity contribution < 1.29 is 4.79 Å². The fourth-order valence-corrected chi connectivity index (χ4v) is 2.45. The van der Waals surface area contributed by atoms with Crippen molar-refractivity contribution in [2.45, 2.75) is 46.5 Å². The summed E-state index contributed by atoms with van der Waals surface area (Å²) in [5, 5.41) is 6.50. The van der Waals surface area contributed by atoms with Gasteiger partial charge in [0.1, 0.15) is 6.54 Å². The first-order valence-corrected chi connectivity index (χ1v) is 9.69. The minimum absolute atomic E-state index is 0. The maximum absolute atomic E-state index is 12.3. The number of amides is 1. The lowest BCUT2D eigenvalue weighted by atomic mass is 10.1.